The molecule has 7 nitrogen and oxygen atoms in total. The van der Waals surface area contributed by atoms with E-state index < -0.39 is 29.7 Å². The van der Waals surface area contributed by atoms with Crippen LogP contribution in [0, 0.1) is 5.92 Å². The van der Waals surface area contributed by atoms with Gasteiger partial charge in [-0.2, -0.15) is 0 Å². The van der Waals surface area contributed by atoms with Gasteiger partial charge in [0, 0.05) is 17.3 Å². The zero-order valence-electron chi connectivity index (χ0n) is 15.4. The number of esters is 3. The van der Waals surface area contributed by atoms with Gasteiger partial charge in [-0.05, 0) is 31.5 Å². The fourth-order valence-corrected chi connectivity index (χ4v) is 3.15. The van der Waals surface area contributed by atoms with Crippen LogP contribution in [-0.4, -0.2) is 44.9 Å². The first-order valence-corrected chi connectivity index (χ1v) is 7.96. The summed E-state index contributed by atoms with van der Waals surface area (Å²) in [7, 11) is 3.86. The highest BCUT2D eigenvalue weighted by Crippen LogP contribution is 2.40. The summed E-state index contributed by atoms with van der Waals surface area (Å²) in [5, 5.41) is 0. The third kappa shape index (κ3) is 3.51. The lowest BCUT2D eigenvalue weighted by Crippen LogP contribution is -2.36. The topological polar surface area (TPSA) is 91.3 Å². The van der Waals surface area contributed by atoms with Crippen LogP contribution in [0.5, 0.6) is 0 Å². The Labute approximate surface area is 151 Å². The van der Waals surface area contributed by atoms with Gasteiger partial charge in [0.1, 0.15) is 5.92 Å². The van der Waals surface area contributed by atoms with Crippen LogP contribution < -0.4 is 0 Å². The fourth-order valence-electron chi connectivity index (χ4n) is 3.15. The second-order valence-electron chi connectivity index (χ2n) is 5.84. The Morgan fingerprint density at radius 2 is 1.46 bits per heavy atom. The van der Waals surface area contributed by atoms with Crippen LogP contribution in [0.1, 0.15) is 35.7 Å². The minimum Gasteiger partial charge on any atom is -0.468 e. The van der Waals surface area contributed by atoms with E-state index in [9.17, 15) is 14.4 Å². The molecule has 0 fully saturated rings. The Balaban J connectivity index is 2.60. The summed E-state index contributed by atoms with van der Waals surface area (Å²) >= 11 is 0. The Morgan fingerprint density at radius 3 is 1.96 bits per heavy atom. The lowest BCUT2D eigenvalue weighted by molar-refractivity contribution is -0.143. The zero-order chi connectivity index (χ0) is 19.4. The molecule has 0 saturated heterocycles. The molecule has 0 bridgehead atoms. The molecule has 1 aliphatic heterocycles. The highest BCUT2D eigenvalue weighted by molar-refractivity contribution is 6.07. The first kappa shape index (κ1) is 19.4. The Kier molecular flexibility index (Phi) is 5.92. The van der Waals surface area contributed by atoms with Crippen LogP contribution in [0.3, 0.4) is 0 Å². The smallest absolute Gasteiger partial charge is 0.337 e. The van der Waals surface area contributed by atoms with Crippen molar-refractivity contribution in [2.24, 2.45) is 10.9 Å². The molecular weight excluding hydrogens is 338 g/mol. The minimum atomic E-state index is -0.762. The van der Waals surface area contributed by atoms with Gasteiger partial charge in [-0.15, -0.1) is 0 Å². The maximum atomic E-state index is 12.4. The van der Waals surface area contributed by atoms with E-state index in [1.54, 1.807) is 38.1 Å². The highest BCUT2D eigenvalue weighted by atomic mass is 16.5. The van der Waals surface area contributed by atoms with E-state index in [-0.39, 0.29) is 0 Å². The summed E-state index contributed by atoms with van der Waals surface area (Å²) in [4.78, 5) is 40.7. The second kappa shape index (κ2) is 7.95. The number of allylic oxidation sites excluding steroid dienone is 1. The van der Waals surface area contributed by atoms with Crippen LogP contribution >= 0.6 is 0 Å². The average Bonchev–Trinajstić information content (AvgIpc) is 2.65. The molecule has 0 aromatic heterocycles. The van der Waals surface area contributed by atoms with Crippen LogP contribution in [0.15, 0.2) is 40.5 Å². The summed E-state index contributed by atoms with van der Waals surface area (Å²) in [5.74, 6) is -2.92. The molecule has 2 atom stereocenters. The number of aliphatic imine (C=N–C) groups is 1. The molecule has 0 saturated carbocycles. The molecule has 138 valence electrons. The molecule has 1 aliphatic rings. The summed E-state index contributed by atoms with van der Waals surface area (Å²) in [6.07, 6.45) is 0. The van der Waals surface area contributed by atoms with E-state index in [0.29, 0.717) is 28.1 Å². The molecule has 1 unspecified atom stereocenters. The number of rotatable bonds is 4. The van der Waals surface area contributed by atoms with Gasteiger partial charge in [0.25, 0.3) is 0 Å². The van der Waals surface area contributed by atoms with Crippen molar-refractivity contribution in [1.82, 2.24) is 0 Å². The molecule has 0 aliphatic carbocycles. The van der Waals surface area contributed by atoms with Gasteiger partial charge in [0.05, 0.1) is 32.5 Å². The predicted molar refractivity (Wildman–Crippen MR) is 93.9 cm³/mol. The van der Waals surface area contributed by atoms with Gasteiger partial charge in [0.2, 0.25) is 0 Å². The van der Waals surface area contributed by atoms with Crippen molar-refractivity contribution >= 4 is 23.6 Å². The monoisotopic (exact) mass is 359 g/mol. The number of carbonyl (C=O) groups is 3. The van der Waals surface area contributed by atoms with E-state index >= 15 is 0 Å². The summed E-state index contributed by atoms with van der Waals surface area (Å²) in [6.45, 7) is 3.41. The van der Waals surface area contributed by atoms with Crippen LogP contribution in [0.25, 0.3) is 0 Å². The molecule has 1 aromatic rings. The summed E-state index contributed by atoms with van der Waals surface area (Å²) < 4.78 is 14.5. The average molecular weight is 359 g/mol. The lowest BCUT2D eigenvalue weighted by Gasteiger charge is -2.31. The quantitative estimate of drug-likeness (QED) is 0.605. The number of ether oxygens (including phenoxy) is 3. The van der Waals surface area contributed by atoms with Gasteiger partial charge in [0.15, 0.2) is 0 Å². The van der Waals surface area contributed by atoms with E-state index in [1.807, 2.05) is 0 Å². The summed E-state index contributed by atoms with van der Waals surface area (Å²) in [6, 6.07) is 6.53. The highest BCUT2D eigenvalue weighted by Gasteiger charge is 2.42. The molecule has 0 spiro atoms. The number of methoxy groups -OCH3 is 3. The van der Waals surface area contributed by atoms with Crippen molar-refractivity contribution in [3.05, 3.63) is 46.7 Å². The van der Waals surface area contributed by atoms with Gasteiger partial charge in [-0.25, -0.2) is 9.59 Å². The molecule has 26 heavy (non-hydrogen) atoms. The third-order valence-electron chi connectivity index (χ3n) is 4.38. The standard InChI is InChI=1S/C19H21NO6/c1-10-14(18(22)25-4)16(15(11(2)20-10)19(23)26-5)12-6-8-13(9-7-12)17(21)24-3/h6-9,14,16H,1-5H3/t14?,16-/m0/s1. The Hall–Kier alpha value is -2.96. The van der Waals surface area contributed by atoms with E-state index in [2.05, 4.69) is 4.99 Å². The lowest BCUT2D eigenvalue weighted by atomic mass is 9.75. The minimum absolute atomic E-state index is 0.291. The Bertz CT molecular complexity index is 791. The molecule has 0 N–H and O–H groups in total. The van der Waals surface area contributed by atoms with Gasteiger partial charge in [-0.1, -0.05) is 12.1 Å². The normalized spacial score (nSPS) is 19.5. The van der Waals surface area contributed by atoms with E-state index in [0.717, 1.165) is 0 Å². The van der Waals surface area contributed by atoms with E-state index in [4.69, 9.17) is 14.2 Å². The van der Waals surface area contributed by atoms with Gasteiger partial charge >= 0.3 is 17.9 Å². The number of hydrogen-bond donors (Lipinski definition) is 0. The van der Waals surface area contributed by atoms with Crippen molar-refractivity contribution in [1.29, 1.82) is 0 Å². The number of hydrogen-bond acceptors (Lipinski definition) is 7. The fraction of sp³-hybridized carbons (Fsp3) is 0.368. The predicted octanol–water partition coefficient (Wildman–Crippen LogP) is 2.27. The van der Waals surface area contributed by atoms with Crippen LogP contribution in [0.4, 0.5) is 0 Å². The second-order valence-corrected chi connectivity index (χ2v) is 5.84. The van der Waals surface area contributed by atoms with E-state index in [1.165, 1.54) is 21.3 Å². The maximum Gasteiger partial charge on any atom is 0.337 e. The first-order valence-electron chi connectivity index (χ1n) is 7.96. The van der Waals surface area contributed by atoms with Crippen LogP contribution in [-0.2, 0) is 23.8 Å². The third-order valence-corrected chi connectivity index (χ3v) is 4.38. The number of benzene rings is 1. The molecule has 7 heteroatoms. The van der Waals surface area contributed by atoms with Crippen LogP contribution in [0.2, 0.25) is 0 Å². The van der Waals surface area contributed by atoms with Gasteiger partial charge in [-0.3, -0.25) is 9.79 Å². The van der Waals surface area contributed by atoms with Gasteiger partial charge < -0.3 is 14.2 Å². The molecular formula is C19H21NO6. The van der Waals surface area contributed by atoms with Crippen molar-refractivity contribution in [2.75, 3.05) is 21.3 Å². The zero-order valence-corrected chi connectivity index (χ0v) is 15.4. The number of carbonyl (C=O) groups excluding carboxylic acids is 3. The molecule has 0 radical (unpaired) electrons. The largest absolute Gasteiger partial charge is 0.468 e. The first-order chi connectivity index (χ1) is 12.3. The molecule has 1 aromatic carbocycles. The Morgan fingerprint density at radius 1 is 0.885 bits per heavy atom. The summed E-state index contributed by atoms with van der Waals surface area (Å²) in [5.41, 5.74) is 2.36. The van der Waals surface area contributed by atoms with Crippen molar-refractivity contribution in [3.63, 3.8) is 0 Å². The van der Waals surface area contributed by atoms with Crippen molar-refractivity contribution < 1.29 is 28.6 Å². The number of nitrogens with zero attached hydrogens (tertiary/aromatic N) is 1. The maximum absolute atomic E-state index is 12.4. The molecule has 0 amide bonds. The molecule has 2 rings (SSSR count). The van der Waals surface area contributed by atoms with Crippen molar-refractivity contribution in [3.8, 4) is 0 Å². The van der Waals surface area contributed by atoms with Crippen molar-refractivity contribution in [2.45, 2.75) is 19.8 Å². The SMILES string of the molecule is COC(=O)C1=C(C)N=C(C)C(C(=O)OC)[C@@H]1c1ccc(C(=O)OC)cc1. The molecule has 1 heterocycles.